The van der Waals surface area contributed by atoms with Gasteiger partial charge in [-0.25, -0.2) is 0 Å². The van der Waals surface area contributed by atoms with E-state index in [4.69, 9.17) is 5.26 Å². The highest BCUT2D eigenvalue weighted by Gasteiger charge is 1.97. The van der Waals surface area contributed by atoms with Gasteiger partial charge in [-0.1, -0.05) is 0 Å². The summed E-state index contributed by atoms with van der Waals surface area (Å²) in [5.41, 5.74) is 1.79. The fraction of sp³-hybridized carbons (Fsp3) is 0.286. The minimum atomic E-state index is 0.762. The van der Waals surface area contributed by atoms with E-state index in [-0.39, 0.29) is 0 Å². The molecule has 0 bridgehead atoms. The maximum absolute atomic E-state index is 8.47. The molecule has 0 saturated carbocycles. The molecule has 2 heteroatoms. The van der Waals surface area contributed by atoms with Crippen molar-refractivity contribution in [3.8, 4) is 6.07 Å². The third-order valence-corrected chi connectivity index (χ3v) is 1.50. The van der Waals surface area contributed by atoms with E-state index in [9.17, 15) is 0 Å². The molecule has 1 aromatic heterocycles. The van der Waals surface area contributed by atoms with E-state index < -0.39 is 0 Å². The van der Waals surface area contributed by atoms with Gasteiger partial charge in [0.25, 0.3) is 0 Å². The molecule has 0 spiro atoms. The quantitative estimate of drug-likeness (QED) is 0.505. The van der Waals surface area contributed by atoms with E-state index in [1.54, 1.807) is 0 Å². The predicted molar refractivity (Wildman–Crippen MR) is 34.9 cm³/mol. The molecule has 0 fully saturated rings. The molecule has 0 aliphatic heterocycles. The molecule has 0 aliphatic rings. The van der Waals surface area contributed by atoms with Gasteiger partial charge in [-0.05, 0) is 13.0 Å². The monoisotopic (exact) mass is 120 g/mol. The molecule has 9 heavy (non-hydrogen) atoms. The van der Waals surface area contributed by atoms with Gasteiger partial charge in [0.15, 0.2) is 0 Å². The lowest BCUT2D eigenvalue weighted by molar-refractivity contribution is 0.880. The smallest absolute Gasteiger partial charge is 0.101 e. The van der Waals surface area contributed by atoms with Crippen LogP contribution in [0.5, 0.6) is 0 Å². The first-order valence-corrected chi connectivity index (χ1v) is 2.77. The van der Waals surface area contributed by atoms with Gasteiger partial charge in [-0.2, -0.15) is 5.26 Å². The van der Waals surface area contributed by atoms with Gasteiger partial charge >= 0.3 is 0 Å². The van der Waals surface area contributed by atoms with Gasteiger partial charge < -0.3 is 4.57 Å². The Bertz CT molecular complexity index is 252. The number of aryl methyl sites for hydroxylation is 1. The van der Waals surface area contributed by atoms with Crippen molar-refractivity contribution in [2.75, 3.05) is 0 Å². The van der Waals surface area contributed by atoms with Crippen molar-refractivity contribution < 1.29 is 0 Å². The van der Waals surface area contributed by atoms with Crippen LogP contribution in [0.2, 0.25) is 0 Å². The molecule has 0 N–H and O–H groups in total. The summed E-state index contributed by atoms with van der Waals surface area (Å²) in [4.78, 5) is 0. The summed E-state index contributed by atoms with van der Waals surface area (Å²) in [5, 5.41) is 8.47. The first-order valence-electron chi connectivity index (χ1n) is 2.77. The number of hydrogen-bond donors (Lipinski definition) is 0. The molecule has 0 saturated heterocycles. The van der Waals surface area contributed by atoms with Crippen LogP contribution in [0.25, 0.3) is 0 Å². The summed E-state index contributed by atoms with van der Waals surface area (Å²) in [6, 6.07) is 3.91. The Morgan fingerprint density at radius 1 is 1.67 bits per heavy atom. The molecule has 0 atom stereocenters. The number of hydrogen-bond acceptors (Lipinski definition) is 1. The van der Waals surface area contributed by atoms with Gasteiger partial charge in [0.2, 0.25) is 0 Å². The number of aromatic nitrogens is 1. The maximum Gasteiger partial charge on any atom is 0.101 e. The van der Waals surface area contributed by atoms with Gasteiger partial charge in [-0.3, -0.25) is 0 Å². The highest BCUT2D eigenvalue weighted by atomic mass is 14.9. The molecule has 2 nitrogen and oxygen atoms in total. The van der Waals surface area contributed by atoms with E-state index in [1.165, 1.54) is 0 Å². The fourth-order valence-corrected chi connectivity index (χ4v) is 0.727. The van der Waals surface area contributed by atoms with Crippen molar-refractivity contribution in [3.63, 3.8) is 0 Å². The number of nitrogens with zero attached hydrogens (tertiary/aromatic N) is 2. The van der Waals surface area contributed by atoms with Crippen LogP contribution in [0.15, 0.2) is 12.3 Å². The molecule has 46 valence electrons. The highest BCUT2D eigenvalue weighted by Crippen LogP contribution is 2.04. The molecule has 0 aliphatic carbocycles. The average Bonchev–Trinajstić information content (AvgIpc) is 2.15. The second-order valence-corrected chi connectivity index (χ2v) is 2.04. The van der Waals surface area contributed by atoms with Crippen LogP contribution in [0.3, 0.4) is 0 Å². The Kier molecular flexibility index (Phi) is 1.27. The minimum Gasteiger partial charge on any atom is -0.353 e. The molecule has 0 amide bonds. The maximum atomic E-state index is 8.47. The Morgan fingerprint density at radius 2 is 2.33 bits per heavy atom. The van der Waals surface area contributed by atoms with E-state index in [0.717, 1.165) is 11.3 Å². The van der Waals surface area contributed by atoms with Gasteiger partial charge in [0.05, 0.1) is 5.56 Å². The average molecular weight is 120 g/mol. The van der Waals surface area contributed by atoms with E-state index in [0.29, 0.717) is 0 Å². The zero-order chi connectivity index (χ0) is 6.85. The number of rotatable bonds is 0. The Hall–Kier alpha value is -1.23. The molecular weight excluding hydrogens is 112 g/mol. The summed E-state index contributed by atoms with van der Waals surface area (Å²) in [6.45, 7) is 1.93. The molecule has 1 aromatic rings. The van der Waals surface area contributed by atoms with Crippen LogP contribution in [0.4, 0.5) is 0 Å². The summed E-state index contributed by atoms with van der Waals surface area (Å²) < 4.78 is 1.93. The van der Waals surface area contributed by atoms with Crippen LogP contribution < -0.4 is 0 Å². The second kappa shape index (κ2) is 1.94. The van der Waals surface area contributed by atoms with Crippen molar-refractivity contribution >= 4 is 0 Å². The molecular formula is C7H8N2. The molecule has 1 heterocycles. The summed E-state index contributed by atoms with van der Waals surface area (Å²) in [7, 11) is 1.93. The highest BCUT2D eigenvalue weighted by molar-refractivity contribution is 5.33. The first-order chi connectivity index (χ1) is 4.25. The van der Waals surface area contributed by atoms with E-state index in [2.05, 4.69) is 6.07 Å². The van der Waals surface area contributed by atoms with Gasteiger partial charge in [0.1, 0.15) is 6.07 Å². The van der Waals surface area contributed by atoms with Crippen molar-refractivity contribution in [2.45, 2.75) is 6.92 Å². The van der Waals surface area contributed by atoms with Crippen LogP contribution in [-0.2, 0) is 7.05 Å². The first kappa shape index (κ1) is 5.90. The van der Waals surface area contributed by atoms with Gasteiger partial charge in [0, 0.05) is 18.9 Å². The Labute approximate surface area is 54.3 Å². The van der Waals surface area contributed by atoms with E-state index >= 15 is 0 Å². The number of nitriles is 1. The van der Waals surface area contributed by atoms with Crippen LogP contribution >= 0.6 is 0 Å². The van der Waals surface area contributed by atoms with E-state index in [1.807, 2.05) is 30.8 Å². The zero-order valence-corrected chi connectivity index (χ0v) is 5.55. The summed E-state index contributed by atoms with van der Waals surface area (Å²) in [6.07, 6.45) is 1.88. The van der Waals surface area contributed by atoms with Crippen LogP contribution in [0.1, 0.15) is 11.3 Å². The lowest BCUT2D eigenvalue weighted by Gasteiger charge is -1.92. The molecule has 0 radical (unpaired) electrons. The predicted octanol–water partition coefficient (Wildman–Crippen LogP) is 1.21. The van der Waals surface area contributed by atoms with Crippen molar-refractivity contribution in [2.24, 2.45) is 7.05 Å². The standard InChI is InChI=1S/C7H8N2/c1-6-7(5-8)3-4-9(6)2/h3-4H,1-2H3. The van der Waals surface area contributed by atoms with Gasteiger partial charge in [-0.15, -0.1) is 0 Å². The van der Waals surface area contributed by atoms with Crippen molar-refractivity contribution in [1.82, 2.24) is 4.57 Å². The topological polar surface area (TPSA) is 28.7 Å². The largest absolute Gasteiger partial charge is 0.353 e. The lowest BCUT2D eigenvalue weighted by atomic mass is 10.3. The van der Waals surface area contributed by atoms with Crippen LogP contribution in [-0.4, -0.2) is 4.57 Å². The minimum absolute atomic E-state index is 0.762. The third-order valence-electron chi connectivity index (χ3n) is 1.50. The molecule has 1 rings (SSSR count). The second-order valence-electron chi connectivity index (χ2n) is 2.04. The molecule has 0 aromatic carbocycles. The van der Waals surface area contributed by atoms with Crippen molar-refractivity contribution in [3.05, 3.63) is 23.5 Å². The fourth-order valence-electron chi connectivity index (χ4n) is 0.727. The SMILES string of the molecule is Cc1c(C#N)ccn1C. The van der Waals surface area contributed by atoms with Crippen molar-refractivity contribution in [1.29, 1.82) is 5.26 Å². The summed E-state index contributed by atoms with van der Waals surface area (Å²) >= 11 is 0. The normalized spacial score (nSPS) is 9.00. The zero-order valence-electron chi connectivity index (χ0n) is 5.55. The molecule has 0 unspecified atom stereocenters. The summed E-state index contributed by atoms with van der Waals surface area (Å²) in [5.74, 6) is 0. The Morgan fingerprint density at radius 3 is 2.56 bits per heavy atom. The Balaban J connectivity index is 3.24. The third kappa shape index (κ3) is 0.812. The van der Waals surface area contributed by atoms with Crippen LogP contribution in [0, 0.1) is 18.3 Å². The lowest BCUT2D eigenvalue weighted by Crippen LogP contribution is -1.87.